The lowest BCUT2D eigenvalue weighted by Crippen LogP contribution is -2.47. The number of rotatable bonds is 6. The second-order valence-electron chi connectivity index (χ2n) is 11.0. The van der Waals surface area contributed by atoms with Crippen LogP contribution in [0.4, 0.5) is 11.4 Å². The molecule has 0 radical (unpaired) electrons. The van der Waals surface area contributed by atoms with Gasteiger partial charge >= 0.3 is 5.97 Å². The number of hydrogen-bond acceptors (Lipinski definition) is 6. The number of hydrogen-bond donors (Lipinski definition) is 2. The van der Waals surface area contributed by atoms with Crippen molar-refractivity contribution in [2.24, 2.45) is 0 Å². The fourth-order valence-electron chi connectivity index (χ4n) is 5.82. The molecule has 1 atom stereocenters. The van der Waals surface area contributed by atoms with Gasteiger partial charge in [0.2, 0.25) is 0 Å². The second kappa shape index (κ2) is 11.8. The quantitative estimate of drug-likeness (QED) is 0.316. The zero-order valence-electron chi connectivity index (χ0n) is 23.7. The molecule has 3 aromatic carbocycles. The van der Waals surface area contributed by atoms with Gasteiger partial charge in [-0.1, -0.05) is 31.2 Å². The highest BCUT2D eigenvalue weighted by Gasteiger charge is 2.27. The molecule has 0 bridgehead atoms. The normalized spacial score (nSPS) is 18.0. The third kappa shape index (κ3) is 5.71. The van der Waals surface area contributed by atoms with Gasteiger partial charge in [-0.2, -0.15) is 0 Å². The minimum absolute atomic E-state index is 0.136. The molecule has 1 aromatic heterocycles. The second-order valence-corrected chi connectivity index (χ2v) is 11.0. The van der Waals surface area contributed by atoms with Crippen molar-refractivity contribution in [3.63, 3.8) is 0 Å². The molecular weight excluding hydrogens is 514 g/mol. The first kappa shape index (κ1) is 27.1. The molecule has 6 rings (SSSR count). The molecule has 8 heteroatoms. The topological polar surface area (TPSA) is 80.9 Å². The number of nitrogens with one attached hydrogen (secondary N) is 2. The number of hydroxylamine groups is 2. The molecule has 8 nitrogen and oxygen atoms in total. The predicted octanol–water partition coefficient (Wildman–Crippen LogP) is 5.79. The van der Waals surface area contributed by atoms with E-state index >= 15 is 0 Å². The molecule has 4 aromatic rings. The van der Waals surface area contributed by atoms with Gasteiger partial charge < -0.3 is 24.9 Å². The Bertz CT molecular complexity index is 1560. The molecule has 41 heavy (non-hydrogen) atoms. The summed E-state index contributed by atoms with van der Waals surface area (Å²) in [5.74, 6) is -0.581. The zero-order chi connectivity index (χ0) is 28.3. The average Bonchev–Trinajstić information content (AvgIpc) is 3.39. The van der Waals surface area contributed by atoms with Crippen LogP contribution >= 0.6 is 0 Å². The number of fused-ring (bicyclic) bond motifs is 2. The average molecular weight is 552 g/mol. The first-order valence-electron chi connectivity index (χ1n) is 14.6. The Hall–Kier alpha value is -4.14. The van der Waals surface area contributed by atoms with Crippen molar-refractivity contribution in [3.05, 3.63) is 84.1 Å². The van der Waals surface area contributed by atoms with E-state index in [0.717, 1.165) is 65.9 Å². The van der Waals surface area contributed by atoms with E-state index in [9.17, 15) is 9.59 Å². The van der Waals surface area contributed by atoms with Crippen molar-refractivity contribution in [2.45, 2.75) is 32.7 Å². The van der Waals surface area contributed by atoms with Gasteiger partial charge in [0.1, 0.15) is 0 Å². The van der Waals surface area contributed by atoms with Crippen molar-refractivity contribution in [3.8, 4) is 11.1 Å². The molecule has 0 saturated carbocycles. The van der Waals surface area contributed by atoms with Gasteiger partial charge in [-0.25, -0.2) is 4.79 Å². The molecule has 1 fully saturated rings. The maximum Gasteiger partial charge on any atom is 0.357 e. The Morgan fingerprint density at radius 1 is 0.951 bits per heavy atom. The summed E-state index contributed by atoms with van der Waals surface area (Å²) in [7, 11) is 0. The summed E-state index contributed by atoms with van der Waals surface area (Å²) in [6, 6.07) is 21.6. The fourth-order valence-corrected chi connectivity index (χ4v) is 5.82. The SMILES string of the molecule is CCCN1CCN(OC(=O)c2cc(C(=O)N3CC[C@H](C)Nc4ccccc43)ccc2-c2ccc3[nH]ccc3c2)CC1. The highest BCUT2D eigenvalue weighted by molar-refractivity contribution is 6.10. The lowest BCUT2D eigenvalue weighted by Gasteiger charge is -2.33. The van der Waals surface area contributed by atoms with E-state index < -0.39 is 5.97 Å². The Labute approximate surface area is 240 Å². The molecule has 2 aliphatic rings. The van der Waals surface area contributed by atoms with Gasteiger partial charge in [0.05, 0.1) is 16.9 Å². The summed E-state index contributed by atoms with van der Waals surface area (Å²) in [5, 5.41) is 6.31. The van der Waals surface area contributed by atoms with Gasteiger partial charge in [-0.05, 0) is 85.3 Å². The van der Waals surface area contributed by atoms with E-state index in [0.29, 0.717) is 30.8 Å². The summed E-state index contributed by atoms with van der Waals surface area (Å²) < 4.78 is 0. The van der Waals surface area contributed by atoms with Crippen molar-refractivity contribution >= 4 is 34.2 Å². The van der Waals surface area contributed by atoms with Crippen LogP contribution in [0.15, 0.2) is 72.9 Å². The van der Waals surface area contributed by atoms with Gasteiger partial charge in [0.25, 0.3) is 5.91 Å². The maximum absolute atomic E-state index is 14.0. The summed E-state index contributed by atoms with van der Waals surface area (Å²) in [6.45, 7) is 8.96. The molecule has 212 valence electrons. The highest BCUT2D eigenvalue weighted by atomic mass is 16.7. The number of nitrogens with zero attached hydrogens (tertiary/aromatic N) is 3. The first-order valence-corrected chi connectivity index (χ1v) is 14.6. The van der Waals surface area contributed by atoms with Crippen LogP contribution in [-0.2, 0) is 4.84 Å². The first-order chi connectivity index (χ1) is 20.0. The number of carbonyl (C=O) groups is 2. The molecule has 1 saturated heterocycles. The largest absolute Gasteiger partial charge is 0.381 e. The Balaban J connectivity index is 1.34. The molecule has 3 heterocycles. The lowest BCUT2D eigenvalue weighted by atomic mass is 9.96. The molecule has 0 aliphatic carbocycles. The predicted molar refractivity (Wildman–Crippen MR) is 163 cm³/mol. The molecule has 0 unspecified atom stereocenters. The summed E-state index contributed by atoms with van der Waals surface area (Å²) in [5.41, 5.74) is 5.29. The standard InChI is InChI=1S/C33H37N5O3/c1-3-15-36-17-19-37(20-18-36)41-33(40)28-22-26(8-10-27(28)24-9-11-29-25(21-24)12-14-34-29)32(39)38-16-13-23(2)35-30-6-4-5-7-31(30)38/h4-12,14,21-23,34-35H,3,13,15-20H2,1-2H3/t23-/m0/s1. The van der Waals surface area contributed by atoms with Gasteiger partial charge in [-0.3, -0.25) is 4.79 Å². The monoisotopic (exact) mass is 551 g/mol. The van der Waals surface area contributed by atoms with E-state index in [-0.39, 0.29) is 11.9 Å². The van der Waals surface area contributed by atoms with Gasteiger partial charge in [0.15, 0.2) is 0 Å². The number of benzene rings is 3. The van der Waals surface area contributed by atoms with Crippen LogP contribution in [0, 0.1) is 0 Å². The van der Waals surface area contributed by atoms with Crippen LogP contribution in [0.2, 0.25) is 0 Å². The number of H-pyrrole nitrogens is 1. The maximum atomic E-state index is 14.0. The fraction of sp³-hybridized carbons (Fsp3) is 0.333. The number of para-hydroxylation sites is 2. The number of carbonyl (C=O) groups excluding carboxylic acids is 2. The molecule has 2 aliphatic heterocycles. The van der Waals surface area contributed by atoms with E-state index in [2.05, 4.69) is 35.1 Å². The van der Waals surface area contributed by atoms with Crippen LogP contribution < -0.4 is 10.2 Å². The molecule has 2 N–H and O–H groups in total. The zero-order valence-corrected chi connectivity index (χ0v) is 23.7. The summed E-state index contributed by atoms with van der Waals surface area (Å²) in [4.78, 5) is 41.1. The lowest BCUT2D eigenvalue weighted by molar-refractivity contribution is -0.129. The van der Waals surface area contributed by atoms with Gasteiger partial charge in [-0.15, -0.1) is 5.06 Å². The van der Waals surface area contributed by atoms with Crippen LogP contribution in [0.5, 0.6) is 0 Å². The number of aromatic nitrogens is 1. The van der Waals surface area contributed by atoms with Crippen LogP contribution in [0.1, 0.15) is 47.4 Å². The van der Waals surface area contributed by atoms with Crippen LogP contribution in [0.25, 0.3) is 22.0 Å². The van der Waals surface area contributed by atoms with E-state index in [1.54, 1.807) is 11.1 Å². The van der Waals surface area contributed by atoms with E-state index in [1.165, 1.54) is 0 Å². The summed E-state index contributed by atoms with van der Waals surface area (Å²) >= 11 is 0. The van der Waals surface area contributed by atoms with Crippen molar-refractivity contribution < 1.29 is 14.4 Å². The van der Waals surface area contributed by atoms with Crippen LogP contribution in [-0.4, -0.2) is 72.1 Å². The third-order valence-corrected chi connectivity index (χ3v) is 8.06. The van der Waals surface area contributed by atoms with Crippen molar-refractivity contribution in [1.29, 1.82) is 0 Å². The van der Waals surface area contributed by atoms with Crippen molar-refractivity contribution in [2.75, 3.05) is 49.5 Å². The number of amides is 1. The summed E-state index contributed by atoms with van der Waals surface area (Å²) in [6.07, 6.45) is 3.82. The van der Waals surface area contributed by atoms with Crippen molar-refractivity contribution in [1.82, 2.24) is 14.9 Å². The number of anilines is 2. The third-order valence-electron chi connectivity index (χ3n) is 8.06. The Morgan fingerprint density at radius 2 is 1.78 bits per heavy atom. The minimum Gasteiger partial charge on any atom is -0.381 e. The Kier molecular flexibility index (Phi) is 7.76. The van der Waals surface area contributed by atoms with Gasteiger partial charge in [0, 0.05) is 56.0 Å². The van der Waals surface area contributed by atoms with E-state index in [1.807, 2.05) is 65.7 Å². The highest BCUT2D eigenvalue weighted by Crippen LogP contribution is 2.33. The Morgan fingerprint density at radius 3 is 2.61 bits per heavy atom. The molecular formula is C33H37N5O3. The number of aromatic amines is 1. The molecule has 0 spiro atoms. The van der Waals surface area contributed by atoms with Crippen LogP contribution in [0.3, 0.4) is 0 Å². The van der Waals surface area contributed by atoms with E-state index in [4.69, 9.17) is 4.84 Å². The smallest absolute Gasteiger partial charge is 0.357 e. The minimum atomic E-state index is -0.445. The number of piperazine rings is 1. The molecule has 1 amide bonds.